The Hall–Kier alpha value is -1.74. The third-order valence-electron chi connectivity index (χ3n) is 2.76. The Morgan fingerprint density at radius 1 is 1.06 bits per heavy atom. The first-order chi connectivity index (χ1) is 8.83. The molecule has 0 aliphatic carbocycles. The summed E-state index contributed by atoms with van der Waals surface area (Å²) in [6.07, 6.45) is 2.68. The lowest BCUT2D eigenvalue weighted by Gasteiger charge is -2.05. The van der Waals surface area contributed by atoms with Gasteiger partial charge in [0.1, 0.15) is 0 Å². The van der Waals surface area contributed by atoms with Gasteiger partial charge in [-0.15, -0.1) is 11.8 Å². The van der Waals surface area contributed by atoms with E-state index in [1.807, 2.05) is 60.9 Å². The van der Waals surface area contributed by atoms with E-state index >= 15 is 0 Å². The first-order valence-electron chi connectivity index (χ1n) is 5.73. The fourth-order valence-corrected chi connectivity index (χ4v) is 2.18. The summed E-state index contributed by atoms with van der Waals surface area (Å²) >= 11 is 1.70. The van der Waals surface area contributed by atoms with Crippen molar-refractivity contribution in [3.05, 3.63) is 65.7 Å². The highest BCUT2D eigenvalue weighted by Gasteiger charge is 2.05. The van der Waals surface area contributed by atoms with Gasteiger partial charge in [-0.05, 0) is 29.5 Å². The molecule has 0 aliphatic rings. The van der Waals surface area contributed by atoms with Crippen molar-refractivity contribution in [3.8, 4) is 0 Å². The Morgan fingerprint density at radius 2 is 1.72 bits per heavy atom. The van der Waals surface area contributed by atoms with Crippen LogP contribution in [0.2, 0.25) is 0 Å². The van der Waals surface area contributed by atoms with Gasteiger partial charge in [-0.2, -0.15) is 0 Å². The molecule has 2 nitrogen and oxygen atoms in total. The molecule has 0 heterocycles. The van der Waals surface area contributed by atoms with Crippen LogP contribution >= 0.6 is 11.8 Å². The van der Waals surface area contributed by atoms with Crippen LogP contribution in [0.15, 0.2) is 64.6 Å². The van der Waals surface area contributed by atoms with Crippen molar-refractivity contribution < 1.29 is 5.21 Å². The van der Waals surface area contributed by atoms with Crippen molar-refractivity contribution >= 4 is 17.5 Å². The van der Waals surface area contributed by atoms with Crippen LogP contribution in [-0.4, -0.2) is 17.2 Å². The fraction of sp³-hybridized carbons (Fsp3) is 0.133. The molecule has 1 N–H and O–H groups in total. The Morgan fingerprint density at radius 3 is 2.28 bits per heavy atom. The summed E-state index contributed by atoms with van der Waals surface area (Å²) in [5.41, 5.74) is 2.78. The topological polar surface area (TPSA) is 32.6 Å². The second kappa shape index (κ2) is 6.26. The predicted molar refractivity (Wildman–Crippen MR) is 76.7 cm³/mol. The first-order valence-corrected chi connectivity index (χ1v) is 6.95. The van der Waals surface area contributed by atoms with Gasteiger partial charge in [-0.1, -0.05) is 47.6 Å². The second-order valence-electron chi connectivity index (χ2n) is 3.94. The van der Waals surface area contributed by atoms with E-state index in [4.69, 9.17) is 5.21 Å². The van der Waals surface area contributed by atoms with E-state index in [2.05, 4.69) is 5.16 Å². The van der Waals surface area contributed by atoms with Gasteiger partial charge in [0.05, 0.1) is 5.71 Å². The highest BCUT2D eigenvalue weighted by Crippen LogP contribution is 2.16. The number of hydrogen-bond donors (Lipinski definition) is 1. The summed E-state index contributed by atoms with van der Waals surface area (Å²) in [5, 5.41) is 12.6. The largest absolute Gasteiger partial charge is 0.411 e. The Bertz CT molecular complexity index is 520. The maximum atomic E-state index is 9.15. The third-order valence-corrected chi connectivity index (χ3v) is 3.50. The molecule has 0 saturated carbocycles. The van der Waals surface area contributed by atoms with Gasteiger partial charge in [0, 0.05) is 11.3 Å². The van der Waals surface area contributed by atoms with Gasteiger partial charge >= 0.3 is 0 Å². The summed E-state index contributed by atoms with van der Waals surface area (Å²) in [5.74, 6) is 0. The van der Waals surface area contributed by atoms with Crippen LogP contribution in [0.3, 0.4) is 0 Å². The Labute approximate surface area is 111 Å². The van der Waals surface area contributed by atoms with E-state index in [1.54, 1.807) is 11.8 Å². The first kappa shape index (κ1) is 12.7. The van der Waals surface area contributed by atoms with Crippen LogP contribution in [0.5, 0.6) is 0 Å². The summed E-state index contributed by atoms with van der Waals surface area (Å²) < 4.78 is 0. The quantitative estimate of drug-likeness (QED) is 0.391. The zero-order valence-electron chi connectivity index (χ0n) is 10.2. The number of nitrogens with zero attached hydrogens (tertiary/aromatic N) is 1. The van der Waals surface area contributed by atoms with Crippen molar-refractivity contribution in [1.29, 1.82) is 0 Å². The lowest BCUT2D eigenvalue weighted by Crippen LogP contribution is -2.05. The molecule has 0 aliphatic heterocycles. The average molecular weight is 257 g/mol. The zero-order valence-corrected chi connectivity index (χ0v) is 11.0. The molecular weight excluding hydrogens is 242 g/mol. The van der Waals surface area contributed by atoms with Crippen molar-refractivity contribution in [2.24, 2.45) is 5.16 Å². The van der Waals surface area contributed by atoms with E-state index in [-0.39, 0.29) is 0 Å². The minimum atomic E-state index is 0.635. The summed E-state index contributed by atoms with van der Waals surface area (Å²) in [6.45, 7) is 0. The number of thioether (sulfide) groups is 1. The monoisotopic (exact) mass is 257 g/mol. The van der Waals surface area contributed by atoms with Crippen LogP contribution in [0, 0.1) is 0 Å². The van der Waals surface area contributed by atoms with Crippen LogP contribution in [0.25, 0.3) is 0 Å². The molecular formula is C15H15NOS. The highest BCUT2D eigenvalue weighted by molar-refractivity contribution is 7.98. The lowest BCUT2D eigenvalue weighted by molar-refractivity contribution is 0.318. The molecule has 0 atom stereocenters. The molecule has 0 aromatic heterocycles. The number of hydrogen-bond acceptors (Lipinski definition) is 3. The molecule has 2 aromatic carbocycles. The number of oxime groups is 1. The standard InChI is InChI=1S/C15H15NOS/c1-18-14-9-7-13(8-10-14)15(16-17)11-12-5-3-2-4-6-12/h2-10,17H,11H2,1H3/b16-15-. The second-order valence-corrected chi connectivity index (χ2v) is 4.82. The summed E-state index contributed by atoms with van der Waals surface area (Å²) in [6, 6.07) is 18.1. The highest BCUT2D eigenvalue weighted by atomic mass is 32.2. The molecule has 2 aromatic rings. The van der Waals surface area contributed by atoms with Crippen LogP contribution in [0.4, 0.5) is 0 Å². The van der Waals surface area contributed by atoms with Crippen molar-refractivity contribution in [2.45, 2.75) is 11.3 Å². The SMILES string of the molecule is CSc1ccc(/C(Cc2ccccc2)=N\O)cc1. The molecule has 0 unspecified atom stereocenters. The minimum absolute atomic E-state index is 0.635. The summed E-state index contributed by atoms with van der Waals surface area (Å²) in [4.78, 5) is 1.20. The lowest BCUT2D eigenvalue weighted by atomic mass is 10.0. The van der Waals surface area contributed by atoms with E-state index in [1.165, 1.54) is 4.90 Å². The minimum Gasteiger partial charge on any atom is -0.411 e. The van der Waals surface area contributed by atoms with Crippen LogP contribution in [0.1, 0.15) is 11.1 Å². The maximum absolute atomic E-state index is 9.15. The van der Waals surface area contributed by atoms with E-state index in [9.17, 15) is 0 Å². The Balaban J connectivity index is 2.18. The zero-order chi connectivity index (χ0) is 12.8. The molecule has 0 bridgehead atoms. The van der Waals surface area contributed by atoms with Gasteiger partial charge in [0.15, 0.2) is 0 Å². The van der Waals surface area contributed by atoms with Crippen molar-refractivity contribution in [2.75, 3.05) is 6.26 Å². The van der Waals surface area contributed by atoms with Gasteiger partial charge < -0.3 is 5.21 Å². The third kappa shape index (κ3) is 3.14. The smallest absolute Gasteiger partial charge is 0.0911 e. The Kier molecular flexibility index (Phi) is 4.42. The van der Waals surface area contributed by atoms with Crippen molar-refractivity contribution in [3.63, 3.8) is 0 Å². The average Bonchev–Trinajstić information content (AvgIpc) is 2.46. The normalized spacial score (nSPS) is 11.5. The van der Waals surface area contributed by atoms with Crippen LogP contribution < -0.4 is 0 Å². The molecule has 3 heteroatoms. The van der Waals surface area contributed by atoms with E-state index in [0.717, 1.165) is 11.1 Å². The predicted octanol–water partition coefficient (Wildman–Crippen LogP) is 3.83. The molecule has 0 radical (unpaired) electrons. The fourth-order valence-electron chi connectivity index (χ4n) is 1.77. The number of benzene rings is 2. The molecule has 0 fully saturated rings. The van der Waals surface area contributed by atoms with Gasteiger partial charge in [-0.25, -0.2) is 0 Å². The molecule has 92 valence electrons. The molecule has 0 amide bonds. The number of rotatable bonds is 4. The molecule has 0 spiro atoms. The van der Waals surface area contributed by atoms with E-state index < -0.39 is 0 Å². The molecule has 18 heavy (non-hydrogen) atoms. The van der Waals surface area contributed by atoms with E-state index in [0.29, 0.717) is 12.1 Å². The van der Waals surface area contributed by atoms with Crippen LogP contribution in [-0.2, 0) is 6.42 Å². The molecule has 0 saturated heterocycles. The maximum Gasteiger partial charge on any atom is 0.0911 e. The molecule has 2 rings (SSSR count). The van der Waals surface area contributed by atoms with Gasteiger partial charge in [0.25, 0.3) is 0 Å². The van der Waals surface area contributed by atoms with Gasteiger partial charge in [-0.3, -0.25) is 0 Å². The summed E-state index contributed by atoms with van der Waals surface area (Å²) in [7, 11) is 0. The van der Waals surface area contributed by atoms with Crippen molar-refractivity contribution in [1.82, 2.24) is 0 Å². The van der Waals surface area contributed by atoms with Gasteiger partial charge in [0.2, 0.25) is 0 Å².